The first-order chi connectivity index (χ1) is 20.9. The van der Waals surface area contributed by atoms with Crippen LogP contribution in [0.4, 0.5) is 5.69 Å². The fourth-order valence-electron chi connectivity index (χ4n) is 5.02. The summed E-state index contributed by atoms with van der Waals surface area (Å²) in [4.78, 5) is 1.77. The molecule has 14 heteroatoms. The number of benzene rings is 3. The minimum atomic E-state index is -4.40. The topological polar surface area (TPSA) is 144 Å². The fourth-order valence-corrected chi connectivity index (χ4v) is 6.16. The van der Waals surface area contributed by atoms with E-state index in [4.69, 9.17) is 20.8 Å². The Balaban J connectivity index is 0.00000461. The summed E-state index contributed by atoms with van der Waals surface area (Å²) in [6.45, 7) is 2.37. The number of rotatable bonds is 12. The van der Waals surface area contributed by atoms with Gasteiger partial charge in [0.1, 0.15) is 0 Å². The predicted molar refractivity (Wildman–Crippen MR) is 166 cm³/mol. The third-order valence-corrected chi connectivity index (χ3v) is 8.92. The predicted octanol–water partition coefficient (Wildman–Crippen LogP) is 2.45. The summed E-state index contributed by atoms with van der Waals surface area (Å²) >= 11 is 6.23. The Hall–Kier alpha value is -2.68. The number of allylic oxidation sites excluding steroid dienone is 2. The molecule has 0 unspecified atom stereocenters. The summed E-state index contributed by atoms with van der Waals surface area (Å²) in [6, 6.07) is 20.7. The largest absolute Gasteiger partial charge is 1.00 e. The maximum Gasteiger partial charge on any atom is 1.00 e. The number of halogens is 1. The molecule has 0 saturated carbocycles. The van der Waals surface area contributed by atoms with Crippen LogP contribution in [0.3, 0.4) is 0 Å². The first kappa shape index (κ1) is 35.2. The molecule has 10 nitrogen and oxygen atoms in total. The Morgan fingerprint density at radius 1 is 0.933 bits per heavy atom. The van der Waals surface area contributed by atoms with E-state index in [0.29, 0.717) is 40.2 Å². The van der Waals surface area contributed by atoms with E-state index in [1.165, 1.54) is 0 Å². The second-order valence-corrected chi connectivity index (χ2v) is 13.8. The summed E-state index contributed by atoms with van der Waals surface area (Å²) < 4.78 is 82.0. The first-order valence-electron chi connectivity index (χ1n) is 14.0. The molecule has 1 aliphatic heterocycles. The second kappa shape index (κ2) is 14.8. The van der Waals surface area contributed by atoms with Gasteiger partial charge in [0.25, 0.3) is 5.52 Å². The maximum absolute atomic E-state index is 11.4. The molecule has 232 valence electrons. The van der Waals surface area contributed by atoms with Crippen molar-refractivity contribution in [2.24, 2.45) is 0 Å². The zero-order valence-electron chi connectivity index (χ0n) is 24.8. The molecule has 0 amide bonds. The zero-order valence-corrected chi connectivity index (χ0v) is 29.2. The van der Waals surface area contributed by atoms with Crippen LogP contribution in [-0.4, -0.2) is 44.0 Å². The Labute approximate surface area is 289 Å². The molecular formula is C31H30ClN2NaO8S2. The molecule has 0 aliphatic carbocycles. The van der Waals surface area contributed by atoms with Gasteiger partial charge in [-0.3, -0.25) is 0 Å². The summed E-state index contributed by atoms with van der Waals surface area (Å²) in [7, 11) is -8.79. The number of hydrogen-bond donors (Lipinski definition) is 0. The molecule has 2 heterocycles. The molecule has 0 spiro atoms. The minimum absolute atomic E-state index is 0. The number of ether oxygens (including phenoxy) is 1. The molecule has 0 atom stereocenters. The second-order valence-electron chi connectivity index (χ2n) is 10.3. The van der Waals surface area contributed by atoms with Crippen molar-refractivity contribution in [3.05, 3.63) is 95.2 Å². The monoisotopic (exact) mass is 680 g/mol. The standard InChI is InChI=1S/C31H31ClN2O8S2.Na/c1-2-22(19-31-34(15-7-17-44(38,39)40)27-21-25(32)11-13-29(27)42-31)18-30-33(14-6-16-43(35,36)37)26-20-24(10-12-28(26)41-30)23-8-4-3-5-9-23;/h3-5,8-13,18-21H,2,6-7,14-17H2,1H3,(H-,35,36,37,38,39,40);/q;+1/p-1. The van der Waals surface area contributed by atoms with Gasteiger partial charge < -0.3 is 23.2 Å². The van der Waals surface area contributed by atoms with E-state index in [9.17, 15) is 25.9 Å². The zero-order chi connectivity index (χ0) is 31.5. The van der Waals surface area contributed by atoms with Gasteiger partial charge in [0.05, 0.1) is 32.0 Å². The molecule has 0 fully saturated rings. The molecule has 1 aromatic heterocycles. The van der Waals surface area contributed by atoms with Crippen molar-refractivity contribution >= 4 is 54.7 Å². The molecule has 45 heavy (non-hydrogen) atoms. The number of fused-ring (bicyclic) bond motifs is 2. The van der Waals surface area contributed by atoms with Crippen LogP contribution in [0, 0.1) is 0 Å². The van der Waals surface area contributed by atoms with Crippen LogP contribution in [-0.2, 0) is 26.8 Å². The average Bonchev–Trinajstić information content (AvgIpc) is 3.48. The van der Waals surface area contributed by atoms with Crippen LogP contribution in [0.5, 0.6) is 5.75 Å². The molecule has 0 N–H and O–H groups in total. The van der Waals surface area contributed by atoms with Crippen LogP contribution >= 0.6 is 11.6 Å². The SMILES string of the molecule is CCC(=C\c1oc2ccc(-c3ccccc3)cc2[n+]1CCCS(=O)(=O)[O-])/C=C1/Oc2ccc(Cl)cc2N1CCCS(=O)(=O)[O-].[Na+]. The van der Waals surface area contributed by atoms with Crippen LogP contribution in [0.2, 0.25) is 5.02 Å². The smallest absolute Gasteiger partial charge is 0.748 e. The van der Waals surface area contributed by atoms with Gasteiger partial charge >= 0.3 is 35.4 Å². The fraction of sp³-hybridized carbons (Fsp3) is 0.258. The normalized spacial score (nSPS) is 14.4. The summed E-state index contributed by atoms with van der Waals surface area (Å²) in [5.41, 5.74) is 4.71. The van der Waals surface area contributed by atoms with Crippen molar-refractivity contribution < 1.29 is 69.2 Å². The molecule has 1 aliphatic rings. The third kappa shape index (κ3) is 9.20. The van der Waals surface area contributed by atoms with Gasteiger partial charge in [0.2, 0.25) is 11.5 Å². The Morgan fingerprint density at radius 3 is 2.33 bits per heavy atom. The van der Waals surface area contributed by atoms with E-state index < -0.39 is 31.7 Å². The molecule has 3 aromatic carbocycles. The van der Waals surface area contributed by atoms with Crippen LogP contribution in [0.1, 0.15) is 32.1 Å². The van der Waals surface area contributed by atoms with Crippen molar-refractivity contribution in [3.8, 4) is 16.9 Å². The molecule has 0 saturated heterocycles. The Morgan fingerprint density at radius 2 is 1.64 bits per heavy atom. The van der Waals surface area contributed by atoms with Gasteiger partial charge in [0, 0.05) is 41.6 Å². The molecule has 0 radical (unpaired) electrons. The van der Waals surface area contributed by atoms with Gasteiger partial charge in [-0.05, 0) is 53.8 Å². The quantitative estimate of drug-likeness (QED) is 0.125. The number of aromatic nitrogens is 1. The molecule has 0 bridgehead atoms. The van der Waals surface area contributed by atoms with E-state index in [1.807, 2.05) is 66.1 Å². The Bertz CT molecular complexity index is 1960. The van der Waals surface area contributed by atoms with Gasteiger partial charge in [-0.2, -0.15) is 4.57 Å². The van der Waals surface area contributed by atoms with Gasteiger partial charge in [-0.25, -0.2) is 16.8 Å². The van der Waals surface area contributed by atoms with Gasteiger partial charge in [-0.15, -0.1) is 0 Å². The summed E-state index contributed by atoms with van der Waals surface area (Å²) in [6.07, 6.45) is 4.35. The van der Waals surface area contributed by atoms with Crippen molar-refractivity contribution in [3.63, 3.8) is 0 Å². The maximum atomic E-state index is 11.4. The molecule has 5 rings (SSSR count). The Kier molecular flexibility index (Phi) is 11.6. The number of oxazole rings is 1. The third-order valence-electron chi connectivity index (χ3n) is 7.11. The van der Waals surface area contributed by atoms with E-state index in [-0.39, 0.29) is 55.5 Å². The van der Waals surface area contributed by atoms with Crippen molar-refractivity contribution in [2.75, 3.05) is 23.0 Å². The summed E-state index contributed by atoms with van der Waals surface area (Å²) in [5.74, 6) is 0.371. The van der Waals surface area contributed by atoms with E-state index in [2.05, 4.69) is 0 Å². The van der Waals surface area contributed by atoms with Gasteiger partial charge in [-0.1, -0.05) is 54.9 Å². The van der Waals surface area contributed by atoms with E-state index in [1.54, 1.807) is 29.2 Å². The van der Waals surface area contributed by atoms with Crippen molar-refractivity contribution in [2.45, 2.75) is 32.7 Å². The van der Waals surface area contributed by atoms with Crippen molar-refractivity contribution in [1.29, 1.82) is 0 Å². The number of aryl methyl sites for hydroxylation is 1. The minimum Gasteiger partial charge on any atom is -0.748 e. The average molecular weight is 681 g/mol. The van der Waals surface area contributed by atoms with Crippen LogP contribution in [0.25, 0.3) is 28.3 Å². The van der Waals surface area contributed by atoms with Crippen molar-refractivity contribution in [1.82, 2.24) is 0 Å². The van der Waals surface area contributed by atoms with Crippen LogP contribution in [0.15, 0.2) is 88.7 Å². The molecular weight excluding hydrogens is 651 g/mol. The number of nitrogens with zero attached hydrogens (tertiary/aromatic N) is 2. The van der Waals surface area contributed by atoms with Crippen LogP contribution < -0.4 is 43.8 Å². The van der Waals surface area contributed by atoms with E-state index in [0.717, 1.165) is 22.2 Å². The summed E-state index contributed by atoms with van der Waals surface area (Å²) in [5, 5.41) is 0.472. The number of hydrogen-bond acceptors (Lipinski definition) is 9. The van der Waals surface area contributed by atoms with E-state index >= 15 is 0 Å². The first-order valence-corrected chi connectivity index (χ1v) is 17.5. The molecule has 4 aromatic rings. The number of anilines is 1. The van der Waals surface area contributed by atoms with Gasteiger partial charge in [0.15, 0.2) is 12.3 Å².